The summed E-state index contributed by atoms with van der Waals surface area (Å²) in [6.07, 6.45) is 4.78. The van der Waals surface area contributed by atoms with Gasteiger partial charge in [0.15, 0.2) is 0 Å². The number of carbonyl (C=O) groups excluding carboxylic acids is 3. The smallest absolute Gasteiger partial charge is 0.322 e. The first kappa shape index (κ1) is 15.5. The van der Waals surface area contributed by atoms with E-state index in [1.807, 2.05) is 18.2 Å². The molecular weight excluding hydrogens is 294 g/mol. The lowest BCUT2D eigenvalue weighted by atomic mass is 9.85. The molecule has 4 amide bonds. The van der Waals surface area contributed by atoms with E-state index in [1.165, 1.54) is 0 Å². The molecule has 1 saturated carbocycles. The van der Waals surface area contributed by atoms with Gasteiger partial charge in [-0.2, -0.15) is 0 Å². The Kier molecular flexibility index (Phi) is 4.32. The van der Waals surface area contributed by atoms with Crippen LogP contribution in [0.1, 0.15) is 44.1 Å². The summed E-state index contributed by atoms with van der Waals surface area (Å²) >= 11 is 0. The minimum Gasteiger partial charge on any atom is -0.353 e. The standard InChI is InChI=1S/C17H21N3O3/c21-14(18-13-8-4-5-9-13)10-11-17(12-6-2-1-3-7-12)15(22)19-16(23)20-17/h1-3,6-7,13H,4-5,8-11H2,(H,18,21)(H2,19,20,22,23). The van der Waals surface area contributed by atoms with Crippen molar-refractivity contribution >= 4 is 17.8 Å². The summed E-state index contributed by atoms with van der Waals surface area (Å²) in [5.74, 6) is -0.469. The van der Waals surface area contributed by atoms with Crippen LogP contribution in [0.3, 0.4) is 0 Å². The van der Waals surface area contributed by atoms with Crippen LogP contribution in [0.15, 0.2) is 30.3 Å². The van der Waals surface area contributed by atoms with Gasteiger partial charge in [0.05, 0.1) is 0 Å². The molecule has 0 bridgehead atoms. The van der Waals surface area contributed by atoms with Gasteiger partial charge in [-0.25, -0.2) is 4.79 Å². The van der Waals surface area contributed by atoms with E-state index in [1.54, 1.807) is 12.1 Å². The van der Waals surface area contributed by atoms with Crippen LogP contribution in [0, 0.1) is 0 Å². The lowest BCUT2D eigenvalue weighted by Crippen LogP contribution is -2.45. The van der Waals surface area contributed by atoms with Crippen LogP contribution in [0.4, 0.5) is 4.79 Å². The third kappa shape index (κ3) is 3.21. The van der Waals surface area contributed by atoms with Gasteiger partial charge >= 0.3 is 6.03 Å². The molecule has 0 spiro atoms. The molecule has 1 aromatic rings. The van der Waals surface area contributed by atoms with Crippen LogP contribution in [0.25, 0.3) is 0 Å². The first-order valence-electron chi connectivity index (χ1n) is 8.09. The Balaban J connectivity index is 1.71. The van der Waals surface area contributed by atoms with Crippen LogP contribution < -0.4 is 16.0 Å². The predicted octanol–water partition coefficient (Wildman–Crippen LogP) is 1.56. The van der Waals surface area contributed by atoms with Gasteiger partial charge in [-0.3, -0.25) is 14.9 Å². The Morgan fingerprint density at radius 1 is 1.17 bits per heavy atom. The summed E-state index contributed by atoms with van der Waals surface area (Å²) in [5, 5.41) is 8.00. The molecule has 6 nitrogen and oxygen atoms in total. The van der Waals surface area contributed by atoms with Crippen molar-refractivity contribution in [1.82, 2.24) is 16.0 Å². The predicted molar refractivity (Wildman–Crippen MR) is 84.4 cm³/mol. The maximum absolute atomic E-state index is 12.3. The van der Waals surface area contributed by atoms with E-state index in [2.05, 4.69) is 16.0 Å². The fourth-order valence-corrected chi connectivity index (χ4v) is 3.41. The van der Waals surface area contributed by atoms with Crippen LogP contribution in [-0.4, -0.2) is 23.9 Å². The average Bonchev–Trinajstić information content (AvgIpc) is 3.14. The number of amides is 4. The van der Waals surface area contributed by atoms with E-state index in [0.29, 0.717) is 5.56 Å². The summed E-state index contributed by atoms with van der Waals surface area (Å²) in [6, 6.07) is 8.79. The normalized spacial score (nSPS) is 24.3. The molecule has 6 heteroatoms. The Bertz CT molecular complexity index is 611. The van der Waals surface area contributed by atoms with Gasteiger partial charge in [0, 0.05) is 12.5 Å². The Labute approximate surface area is 135 Å². The highest BCUT2D eigenvalue weighted by Crippen LogP contribution is 2.30. The van der Waals surface area contributed by atoms with Crippen molar-refractivity contribution in [2.75, 3.05) is 0 Å². The van der Waals surface area contributed by atoms with Crippen LogP contribution in [0.2, 0.25) is 0 Å². The number of hydrogen-bond acceptors (Lipinski definition) is 3. The highest BCUT2D eigenvalue weighted by atomic mass is 16.2. The Hall–Kier alpha value is -2.37. The largest absolute Gasteiger partial charge is 0.353 e. The molecule has 1 aromatic carbocycles. The molecule has 1 aliphatic heterocycles. The molecular formula is C17H21N3O3. The van der Waals surface area contributed by atoms with E-state index in [-0.39, 0.29) is 24.8 Å². The molecule has 1 saturated heterocycles. The van der Waals surface area contributed by atoms with Crippen molar-refractivity contribution in [2.24, 2.45) is 0 Å². The third-order valence-electron chi connectivity index (χ3n) is 4.66. The maximum Gasteiger partial charge on any atom is 0.322 e. The maximum atomic E-state index is 12.3. The molecule has 122 valence electrons. The van der Waals surface area contributed by atoms with E-state index in [4.69, 9.17) is 0 Å². The van der Waals surface area contributed by atoms with E-state index in [9.17, 15) is 14.4 Å². The van der Waals surface area contributed by atoms with E-state index in [0.717, 1.165) is 25.7 Å². The molecule has 2 aliphatic rings. The van der Waals surface area contributed by atoms with Crippen LogP contribution >= 0.6 is 0 Å². The van der Waals surface area contributed by atoms with Crippen molar-refractivity contribution in [1.29, 1.82) is 0 Å². The molecule has 1 aliphatic carbocycles. The molecule has 0 radical (unpaired) electrons. The summed E-state index contributed by atoms with van der Waals surface area (Å²) in [5.41, 5.74) is -0.470. The lowest BCUT2D eigenvalue weighted by molar-refractivity contribution is -0.125. The van der Waals surface area contributed by atoms with Gasteiger partial charge < -0.3 is 10.6 Å². The van der Waals surface area contributed by atoms with Gasteiger partial charge in [-0.1, -0.05) is 43.2 Å². The third-order valence-corrected chi connectivity index (χ3v) is 4.66. The van der Waals surface area contributed by atoms with Crippen molar-refractivity contribution < 1.29 is 14.4 Å². The Morgan fingerprint density at radius 3 is 2.48 bits per heavy atom. The minimum atomic E-state index is -1.16. The number of carbonyl (C=O) groups is 3. The molecule has 3 N–H and O–H groups in total. The van der Waals surface area contributed by atoms with Gasteiger partial charge in [0.2, 0.25) is 5.91 Å². The summed E-state index contributed by atoms with van der Waals surface area (Å²) in [6.45, 7) is 0. The van der Waals surface area contributed by atoms with Crippen molar-refractivity contribution in [3.05, 3.63) is 35.9 Å². The molecule has 23 heavy (non-hydrogen) atoms. The van der Waals surface area contributed by atoms with E-state index >= 15 is 0 Å². The minimum absolute atomic E-state index is 0.0684. The molecule has 1 atom stereocenters. The van der Waals surface area contributed by atoms with Crippen molar-refractivity contribution in [3.8, 4) is 0 Å². The summed E-state index contributed by atoms with van der Waals surface area (Å²) in [4.78, 5) is 36.1. The monoisotopic (exact) mass is 315 g/mol. The van der Waals surface area contributed by atoms with Crippen molar-refractivity contribution in [2.45, 2.75) is 50.1 Å². The fourth-order valence-electron chi connectivity index (χ4n) is 3.41. The molecule has 1 heterocycles. The highest BCUT2D eigenvalue weighted by Gasteiger charge is 2.47. The molecule has 3 rings (SSSR count). The molecule has 2 fully saturated rings. The number of rotatable bonds is 5. The van der Waals surface area contributed by atoms with Gasteiger partial charge in [0.1, 0.15) is 5.54 Å². The number of imide groups is 1. The SMILES string of the molecule is O=C(CCC1(c2ccccc2)NC(=O)NC1=O)NC1CCCC1. The zero-order chi connectivity index (χ0) is 16.3. The van der Waals surface area contributed by atoms with E-state index < -0.39 is 17.5 Å². The number of urea groups is 1. The average molecular weight is 315 g/mol. The Morgan fingerprint density at radius 2 is 1.87 bits per heavy atom. The second-order valence-electron chi connectivity index (χ2n) is 6.23. The highest BCUT2D eigenvalue weighted by molar-refractivity contribution is 6.07. The number of hydrogen-bond donors (Lipinski definition) is 3. The zero-order valence-corrected chi connectivity index (χ0v) is 12.9. The summed E-state index contributed by atoms with van der Waals surface area (Å²) in [7, 11) is 0. The molecule has 0 aromatic heterocycles. The second-order valence-corrected chi connectivity index (χ2v) is 6.23. The first-order chi connectivity index (χ1) is 11.1. The van der Waals surface area contributed by atoms with Crippen LogP contribution in [-0.2, 0) is 15.1 Å². The van der Waals surface area contributed by atoms with Gasteiger partial charge in [-0.05, 0) is 24.8 Å². The second kappa shape index (κ2) is 6.40. The summed E-state index contributed by atoms with van der Waals surface area (Å²) < 4.78 is 0. The quantitative estimate of drug-likeness (QED) is 0.721. The van der Waals surface area contributed by atoms with Crippen molar-refractivity contribution in [3.63, 3.8) is 0 Å². The van der Waals surface area contributed by atoms with Crippen LogP contribution in [0.5, 0.6) is 0 Å². The topological polar surface area (TPSA) is 87.3 Å². The molecule has 1 unspecified atom stereocenters. The van der Waals surface area contributed by atoms with Gasteiger partial charge in [0.25, 0.3) is 5.91 Å². The number of benzene rings is 1. The zero-order valence-electron chi connectivity index (χ0n) is 12.9. The lowest BCUT2D eigenvalue weighted by Gasteiger charge is -2.26. The fraction of sp³-hybridized carbons (Fsp3) is 0.471. The van der Waals surface area contributed by atoms with Gasteiger partial charge in [-0.15, -0.1) is 0 Å². The first-order valence-corrected chi connectivity index (χ1v) is 8.09. The number of nitrogens with one attached hydrogen (secondary N) is 3.